The van der Waals surface area contributed by atoms with Crippen LogP contribution >= 0.6 is 0 Å². The quantitative estimate of drug-likeness (QED) is 0.501. The molecule has 2 rings (SSSR count). The molecule has 110 valence electrons. The van der Waals surface area contributed by atoms with Crippen molar-refractivity contribution in [1.82, 2.24) is 0 Å². The predicted molar refractivity (Wildman–Crippen MR) is 79.0 cm³/mol. The first-order valence-corrected chi connectivity index (χ1v) is 9.56. The normalized spacial score (nSPS) is 27.7. The molecule has 0 spiro atoms. The smallest absolute Gasteiger partial charge is 0.374 e. The molecule has 2 bridgehead atoms. The molecule has 3 atom stereocenters. The summed E-state index contributed by atoms with van der Waals surface area (Å²) in [6, 6.07) is 0. The Morgan fingerprint density at radius 3 is 2.05 bits per heavy atom. The van der Waals surface area contributed by atoms with E-state index in [0.717, 1.165) is 5.92 Å². The molecular formula is C15H28O3Si. The molecule has 0 aromatic rings. The van der Waals surface area contributed by atoms with Crippen LogP contribution in [0.4, 0.5) is 0 Å². The van der Waals surface area contributed by atoms with Crippen molar-refractivity contribution in [2.24, 2.45) is 11.8 Å². The van der Waals surface area contributed by atoms with Crippen molar-refractivity contribution >= 4 is 8.80 Å². The van der Waals surface area contributed by atoms with Crippen LogP contribution in [0.15, 0.2) is 11.6 Å². The van der Waals surface area contributed by atoms with E-state index in [2.05, 4.69) is 13.0 Å². The monoisotopic (exact) mass is 284 g/mol. The minimum atomic E-state index is -2.53. The van der Waals surface area contributed by atoms with Gasteiger partial charge in [-0.05, 0) is 51.9 Å². The molecule has 1 fully saturated rings. The summed E-state index contributed by atoms with van der Waals surface area (Å²) in [5.74, 6) is 1.49. The molecule has 0 aliphatic heterocycles. The van der Waals surface area contributed by atoms with Gasteiger partial charge in [-0.15, -0.1) is 0 Å². The Hall–Kier alpha value is -0.163. The van der Waals surface area contributed by atoms with Crippen LogP contribution in [0.2, 0.25) is 5.54 Å². The summed E-state index contributed by atoms with van der Waals surface area (Å²) in [6.45, 7) is 10.4. The first-order valence-electron chi connectivity index (χ1n) is 7.76. The standard InChI is InChI=1S/C15H28O3Si/c1-5-16-19(17-6-2,18-7-3)12(4)15-11-13-8-9-14(15)10-13/h8,12,14-15H,5-7,9-11H2,1-4H3. The van der Waals surface area contributed by atoms with Crippen LogP contribution in [0.1, 0.15) is 47.0 Å². The first-order chi connectivity index (χ1) is 9.16. The first kappa shape index (κ1) is 15.2. The Morgan fingerprint density at radius 1 is 1.11 bits per heavy atom. The minimum absolute atomic E-state index is 0.406. The van der Waals surface area contributed by atoms with E-state index in [1.807, 2.05) is 20.8 Å². The van der Waals surface area contributed by atoms with Crippen LogP contribution in [0.5, 0.6) is 0 Å². The highest BCUT2D eigenvalue weighted by molar-refractivity contribution is 6.62. The van der Waals surface area contributed by atoms with E-state index in [1.54, 1.807) is 5.57 Å². The van der Waals surface area contributed by atoms with Crippen molar-refractivity contribution in [2.75, 3.05) is 19.8 Å². The molecule has 1 saturated carbocycles. The Labute approximate surface area is 118 Å². The zero-order valence-corrected chi connectivity index (χ0v) is 13.8. The second kappa shape index (κ2) is 6.53. The van der Waals surface area contributed by atoms with E-state index in [-0.39, 0.29) is 0 Å². The highest BCUT2D eigenvalue weighted by Gasteiger charge is 2.53. The molecule has 2 aliphatic carbocycles. The average molecular weight is 284 g/mol. The van der Waals surface area contributed by atoms with Crippen molar-refractivity contribution in [1.29, 1.82) is 0 Å². The zero-order valence-electron chi connectivity index (χ0n) is 12.8. The summed E-state index contributed by atoms with van der Waals surface area (Å²) in [7, 11) is -2.53. The van der Waals surface area contributed by atoms with Crippen LogP contribution in [0, 0.1) is 11.8 Å². The third kappa shape index (κ3) is 2.97. The number of allylic oxidation sites excluding steroid dienone is 2. The second-order valence-corrected chi connectivity index (χ2v) is 8.61. The van der Waals surface area contributed by atoms with Gasteiger partial charge in [-0.25, -0.2) is 0 Å². The number of hydrogen-bond acceptors (Lipinski definition) is 3. The molecule has 0 aromatic heterocycles. The summed E-state index contributed by atoms with van der Waals surface area (Å²) < 4.78 is 18.2. The Bertz CT molecular complexity index is 312. The number of rotatable bonds is 8. The average Bonchev–Trinajstić information content (AvgIpc) is 3.01. The maximum atomic E-state index is 6.07. The maximum Gasteiger partial charge on any atom is 0.504 e. The lowest BCUT2D eigenvalue weighted by Gasteiger charge is -2.38. The summed E-state index contributed by atoms with van der Waals surface area (Å²) >= 11 is 0. The fourth-order valence-corrected chi connectivity index (χ4v) is 6.91. The molecule has 0 radical (unpaired) electrons. The molecule has 0 amide bonds. The van der Waals surface area contributed by atoms with Gasteiger partial charge < -0.3 is 13.3 Å². The van der Waals surface area contributed by atoms with Gasteiger partial charge in [-0.3, -0.25) is 0 Å². The van der Waals surface area contributed by atoms with Crippen molar-refractivity contribution < 1.29 is 13.3 Å². The summed E-state index contributed by atoms with van der Waals surface area (Å²) in [5.41, 5.74) is 2.05. The van der Waals surface area contributed by atoms with Crippen LogP contribution in [-0.4, -0.2) is 28.6 Å². The SMILES string of the molecule is CCO[Si](OCC)(OCC)C(C)C1CC2=CCC1C2. The third-order valence-electron chi connectivity index (χ3n) is 4.57. The van der Waals surface area contributed by atoms with Gasteiger partial charge in [0.2, 0.25) is 0 Å². The minimum Gasteiger partial charge on any atom is -0.374 e. The van der Waals surface area contributed by atoms with Crippen molar-refractivity contribution in [3.05, 3.63) is 11.6 Å². The van der Waals surface area contributed by atoms with Crippen molar-refractivity contribution in [3.8, 4) is 0 Å². The van der Waals surface area contributed by atoms with E-state index < -0.39 is 8.80 Å². The van der Waals surface area contributed by atoms with Gasteiger partial charge in [0, 0.05) is 25.4 Å². The fraction of sp³-hybridized carbons (Fsp3) is 0.867. The van der Waals surface area contributed by atoms with Gasteiger partial charge in [-0.2, -0.15) is 0 Å². The second-order valence-electron chi connectivity index (χ2n) is 5.62. The lowest BCUT2D eigenvalue weighted by atomic mass is 9.89. The molecule has 0 heterocycles. The van der Waals surface area contributed by atoms with E-state index >= 15 is 0 Å². The highest BCUT2D eigenvalue weighted by atomic mass is 28.4. The predicted octanol–water partition coefficient (Wildman–Crippen LogP) is 3.78. The molecule has 2 aliphatic rings. The maximum absolute atomic E-state index is 6.07. The number of hydrogen-bond donors (Lipinski definition) is 0. The van der Waals surface area contributed by atoms with Gasteiger partial charge in [0.1, 0.15) is 0 Å². The van der Waals surface area contributed by atoms with Crippen LogP contribution in [0.25, 0.3) is 0 Å². The molecule has 4 heteroatoms. The van der Waals surface area contributed by atoms with Crippen LogP contribution in [0.3, 0.4) is 0 Å². The van der Waals surface area contributed by atoms with E-state index in [1.165, 1.54) is 19.3 Å². The number of fused-ring (bicyclic) bond motifs is 2. The van der Waals surface area contributed by atoms with Gasteiger partial charge >= 0.3 is 8.80 Å². The Balaban J connectivity index is 2.13. The molecule has 3 unspecified atom stereocenters. The van der Waals surface area contributed by atoms with E-state index in [4.69, 9.17) is 13.3 Å². The highest BCUT2D eigenvalue weighted by Crippen LogP contribution is 2.52. The van der Waals surface area contributed by atoms with Gasteiger partial charge in [0.25, 0.3) is 0 Å². The Kier molecular flexibility index (Phi) is 5.23. The van der Waals surface area contributed by atoms with E-state index in [9.17, 15) is 0 Å². The molecule has 19 heavy (non-hydrogen) atoms. The van der Waals surface area contributed by atoms with Crippen LogP contribution < -0.4 is 0 Å². The van der Waals surface area contributed by atoms with E-state index in [0.29, 0.717) is 31.3 Å². The van der Waals surface area contributed by atoms with Crippen molar-refractivity contribution in [3.63, 3.8) is 0 Å². The lowest BCUT2D eigenvalue weighted by Crippen LogP contribution is -2.52. The lowest BCUT2D eigenvalue weighted by molar-refractivity contribution is 0.0528. The molecule has 0 saturated heterocycles. The summed E-state index contributed by atoms with van der Waals surface area (Å²) in [6.07, 6.45) is 6.20. The third-order valence-corrected chi connectivity index (χ3v) is 8.19. The molecule has 0 aromatic carbocycles. The summed E-state index contributed by atoms with van der Waals surface area (Å²) in [5, 5.41) is 0. The van der Waals surface area contributed by atoms with Gasteiger partial charge in [-0.1, -0.05) is 18.6 Å². The Morgan fingerprint density at radius 2 is 1.68 bits per heavy atom. The molecule has 0 N–H and O–H groups in total. The largest absolute Gasteiger partial charge is 0.504 e. The van der Waals surface area contributed by atoms with Gasteiger partial charge in [0.15, 0.2) is 0 Å². The molecular weight excluding hydrogens is 256 g/mol. The topological polar surface area (TPSA) is 27.7 Å². The van der Waals surface area contributed by atoms with Crippen LogP contribution in [-0.2, 0) is 13.3 Å². The zero-order chi connectivity index (χ0) is 13.9. The molecule has 3 nitrogen and oxygen atoms in total. The van der Waals surface area contributed by atoms with Crippen molar-refractivity contribution in [2.45, 2.75) is 52.5 Å². The summed E-state index contributed by atoms with van der Waals surface area (Å²) in [4.78, 5) is 0. The fourth-order valence-electron chi connectivity index (χ4n) is 3.75. The van der Waals surface area contributed by atoms with Gasteiger partial charge in [0.05, 0.1) is 0 Å².